The van der Waals surface area contributed by atoms with E-state index < -0.39 is 0 Å². The molecule has 0 spiro atoms. The first-order valence-electron chi connectivity index (χ1n) is 5.64. The van der Waals surface area contributed by atoms with E-state index in [1.54, 1.807) is 0 Å². The van der Waals surface area contributed by atoms with Crippen LogP contribution in [0.25, 0.3) is 0 Å². The van der Waals surface area contributed by atoms with Crippen LogP contribution in [0.2, 0.25) is 0 Å². The minimum Gasteiger partial charge on any atom is -0.198 e. The molecule has 0 aromatic heterocycles. The Morgan fingerprint density at radius 3 is 2.31 bits per heavy atom. The highest BCUT2D eigenvalue weighted by molar-refractivity contribution is 7.99. The van der Waals surface area contributed by atoms with Crippen molar-refractivity contribution < 1.29 is 0 Å². The molecular weight excluding hydrogens is 214 g/mol. The molecule has 0 amide bonds. The lowest BCUT2D eigenvalue weighted by molar-refractivity contribution is 0.590. The van der Waals surface area contributed by atoms with E-state index in [4.69, 9.17) is 5.26 Å². The molecule has 0 unspecified atom stereocenters. The fourth-order valence-electron chi connectivity index (χ4n) is 1.39. The summed E-state index contributed by atoms with van der Waals surface area (Å²) in [6.07, 6.45) is 1.63. The van der Waals surface area contributed by atoms with Crippen molar-refractivity contribution in [1.29, 1.82) is 5.26 Å². The number of hydrogen-bond donors (Lipinski definition) is 0. The standard InChI is InChI=1S/C14H19NS/c1-14(2,3)12-6-8-13(9-7-12)16-11-5-4-10-15/h6-9H,4-5,11H2,1-3H3. The van der Waals surface area contributed by atoms with E-state index in [2.05, 4.69) is 51.1 Å². The van der Waals surface area contributed by atoms with Gasteiger partial charge in [-0.1, -0.05) is 32.9 Å². The van der Waals surface area contributed by atoms with Gasteiger partial charge in [-0.2, -0.15) is 5.26 Å². The van der Waals surface area contributed by atoms with Gasteiger partial charge < -0.3 is 0 Å². The maximum Gasteiger partial charge on any atom is 0.0622 e. The number of hydrogen-bond acceptors (Lipinski definition) is 2. The SMILES string of the molecule is CC(C)(C)c1ccc(SCCCC#N)cc1. The Balaban J connectivity index is 2.49. The molecule has 1 nitrogen and oxygen atoms in total. The van der Waals surface area contributed by atoms with Crippen molar-refractivity contribution in [3.63, 3.8) is 0 Å². The van der Waals surface area contributed by atoms with Crippen molar-refractivity contribution in [3.8, 4) is 6.07 Å². The summed E-state index contributed by atoms with van der Waals surface area (Å²) < 4.78 is 0. The number of nitriles is 1. The van der Waals surface area contributed by atoms with Crippen molar-refractivity contribution in [2.24, 2.45) is 0 Å². The Morgan fingerprint density at radius 1 is 1.19 bits per heavy atom. The third kappa shape index (κ3) is 4.28. The molecule has 0 aliphatic carbocycles. The molecule has 0 radical (unpaired) electrons. The van der Waals surface area contributed by atoms with E-state index in [1.807, 2.05) is 11.8 Å². The van der Waals surface area contributed by atoms with Gasteiger partial charge in [-0.05, 0) is 35.3 Å². The average Bonchev–Trinajstić information content (AvgIpc) is 2.24. The van der Waals surface area contributed by atoms with Crippen molar-refractivity contribution in [2.75, 3.05) is 5.75 Å². The fraction of sp³-hybridized carbons (Fsp3) is 0.500. The summed E-state index contributed by atoms with van der Waals surface area (Å²) in [7, 11) is 0. The van der Waals surface area contributed by atoms with Crippen LogP contribution in [0.15, 0.2) is 29.2 Å². The topological polar surface area (TPSA) is 23.8 Å². The zero-order chi connectivity index (χ0) is 12.0. The molecule has 0 bridgehead atoms. The zero-order valence-electron chi connectivity index (χ0n) is 10.3. The van der Waals surface area contributed by atoms with Crippen LogP contribution < -0.4 is 0 Å². The first kappa shape index (κ1) is 13.1. The minimum absolute atomic E-state index is 0.226. The van der Waals surface area contributed by atoms with Crippen LogP contribution in [0.3, 0.4) is 0 Å². The summed E-state index contributed by atoms with van der Waals surface area (Å²) in [6.45, 7) is 6.67. The Hall–Kier alpha value is -0.940. The van der Waals surface area contributed by atoms with Crippen molar-refractivity contribution in [2.45, 2.75) is 43.9 Å². The van der Waals surface area contributed by atoms with Crippen molar-refractivity contribution >= 4 is 11.8 Å². The highest BCUT2D eigenvalue weighted by Crippen LogP contribution is 2.25. The van der Waals surface area contributed by atoms with Crippen LogP contribution in [0.5, 0.6) is 0 Å². The van der Waals surface area contributed by atoms with Crippen LogP contribution in [-0.2, 0) is 5.41 Å². The Labute approximate surface area is 103 Å². The number of nitrogens with zero attached hydrogens (tertiary/aromatic N) is 1. The molecule has 1 aromatic rings. The Kier molecular flexibility index (Phi) is 4.89. The predicted molar refractivity (Wildman–Crippen MR) is 70.7 cm³/mol. The van der Waals surface area contributed by atoms with Crippen molar-refractivity contribution in [3.05, 3.63) is 29.8 Å². The predicted octanol–water partition coefficient (Wildman–Crippen LogP) is 4.38. The van der Waals surface area contributed by atoms with Gasteiger partial charge in [-0.3, -0.25) is 0 Å². The van der Waals surface area contributed by atoms with Gasteiger partial charge in [0.25, 0.3) is 0 Å². The monoisotopic (exact) mass is 233 g/mol. The molecule has 0 N–H and O–H groups in total. The Morgan fingerprint density at radius 2 is 1.81 bits per heavy atom. The molecule has 0 saturated heterocycles. The molecule has 16 heavy (non-hydrogen) atoms. The van der Waals surface area contributed by atoms with Gasteiger partial charge in [0.1, 0.15) is 0 Å². The molecule has 1 aromatic carbocycles. The molecule has 0 aliphatic heterocycles. The molecule has 0 saturated carbocycles. The maximum atomic E-state index is 8.43. The van der Waals surface area contributed by atoms with Crippen LogP contribution in [0.4, 0.5) is 0 Å². The van der Waals surface area contributed by atoms with E-state index in [0.717, 1.165) is 12.2 Å². The summed E-state index contributed by atoms with van der Waals surface area (Å²) in [5.74, 6) is 1.03. The quantitative estimate of drug-likeness (QED) is 0.569. The lowest BCUT2D eigenvalue weighted by atomic mass is 9.87. The number of thioether (sulfide) groups is 1. The van der Waals surface area contributed by atoms with Gasteiger partial charge in [-0.25, -0.2) is 0 Å². The van der Waals surface area contributed by atoms with E-state index in [0.29, 0.717) is 6.42 Å². The smallest absolute Gasteiger partial charge is 0.0622 e. The third-order valence-electron chi connectivity index (χ3n) is 2.42. The molecule has 86 valence electrons. The summed E-state index contributed by atoms with van der Waals surface area (Å²) in [5.41, 5.74) is 1.60. The van der Waals surface area contributed by atoms with E-state index >= 15 is 0 Å². The van der Waals surface area contributed by atoms with Gasteiger partial charge in [-0.15, -0.1) is 11.8 Å². The molecule has 0 aliphatic rings. The number of benzene rings is 1. The molecule has 0 atom stereocenters. The highest BCUT2D eigenvalue weighted by atomic mass is 32.2. The first-order valence-corrected chi connectivity index (χ1v) is 6.63. The second-order valence-corrected chi connectivity index (χ2v) is 6.05. The summed E-state index contributed by atoms with van der Waals surface area (Å²) in [4.78, 5) is 1.30. The summed E-state index contributed by atoms with van der Waals surface area (Å²) >= 11 is 1.83. The lowest BCUT2D eigenvalue weighted by Gasteiger charge is -2.19. The van der Waals surface area contributed by atoms with E-state index in [9.17, 15) is 0 Å². The average molecular weight is 233 g/mol. The second kappa shape index (κ2) is 5.96. The Bertz CT molecular complexity index is 354. The zero-order valence-corrected chi connectivity index (χ0v) is 11.1. The summed E-state index contributed by atoms with van der Waals surface area (Å²) in [5, 5.41) is 8.43. The largest absolute Gasteiger partial charge is 0.198 e. The molecule has 0 heterocycles. The van der Waals surface area contributed by atoms with Gasteiger partial charge >= 0.3 is 0 Å². The first-order chi connectivity index (χ1) is 7.54. The van der Waals surface area contributed by atoms with E-state index in [-0.39, 0.29) is 5.41 Å². The lowest BCUT2D eigenvalue weighted by Crippen LogP contribution is -2.10. The summed E-state index contributed by atoms with van der Waals surface area (Å²) in [6, 6.07) is 10.9. The van der Waals surface area contributed by atoms with Gasteiger partial charge in [0, 0.05) is 11.3 Å². The van der Waals surface area contributed by atoms with Crippen molar-refractivity contribution in [1.82, 2.24) is 0 Å². The minimum atomic E-state index is 0.226. The second-order valence-electron chi connectivity index (χ2n) is 4.88. The number of rotatable bonds is 4. The highest BCUT2D eigenvalue weighted by Gasteiger charge is 2.12. The van der Waals surface area contributed by atoms with Crippen LogP contribution in [0, 0.1) is 11.3 Å². The van der Waals surface area contributed by atoms with Gasteiger partial charge in [0.05, 0.1) is 6.07 Å². The fourth-order valence-corrected chi connectivity index (χ4v) is 2.25. The molecule has 1 rings (SSSR count). The van der Waals surface area contributed by atoms with Crippen LogP contribution in [-0.4, -0.2) is 5.75 Å². The molecular formula is C14H19NS. The molecule has 0 fully saturated rings. The number of unbranched alkanes of at least 4 members (excludes halogenated alkanes) is 1. The van der Waals surface area contributed by atoms with Gasteiger partial charge in [0.2, 0.25) is 0 Å². The maximum absolute atomic E-state index is 8.43. The van der Waals surface area contributed by atoms with E-state index in [1.165, 1.54) is 10.5 Å². The molecule has 2 heteroatoms. The van der Waals surface area contributed by atoms with Gasteiger partial charge in [0.15, 0.2) is 0 Å². The third-order valence-corrected chi connectivity index (χ3v) is 3.52. The normalized spacial score (nSPS) is 11.1. The van der Waals surface area contributed by atoms with Crippen LogP contribution >= 0.6 is 11.8 Å². The van der Waals surface area contributed by atoms with Crippen LogP contribution in [0.1, 0.15) is 39.2 Å².